The minimum Gasteiger partial charge on any atom is -0.314 e. The maximum atomic E-state index is 13.7. The van der Waals surface area contributed by atoms with Gasteiger partial charge in [0.15, 0.2) is 0 Å². The summed E-state index contributed by atoms with van der Waals surface area (Å²) in [4.78, 5) is 0. The van der Waals surface area contributed by atoms with Gasteiger partial charge in [-0.2, -0.15) is 0 Å². The summed E-state index contributed by atoms with van der Waals surface area (Å²) in [7, 11) is -3.00. The molecule has 0 saturated heterocycles. The van der Waals surface area contributed by atoms with Gasteiger partial charge < -0.3 is 5.32 Å². The van der Waals surface area contributed by atoms with Crippen molar-refractivity contribution < 1.29 is 17.2 Å². The summed E-state index contributed by atoms with van der Waals surface area (Å²) in [6.07, 6.45) is 1.28. The van der Waals surface area contributed by atoms with E-state index in [-0.39, 0.29) is 29.5 Å². The summed E-state index contributed by atoms with van der Waals surface area (Å²) in [6, 6.07) is 3.68. The largest absolute Gasteiger partial charge is 0.314 e. The van der Waals surface area contributed by atoms with Crippen LogP contribution in [0.1, 0.15) is 32.3 Å². The monoisotopic (exact) mass is 319 g/mol. The Bertz CT molecular complexity index is 526. The molecule has 1 aromatic rings. The Balaban J connectivity index is 2.66. The van der Waals surface area contributed by atoms with Gasteiger partial charge in [-0.15, -0.1) is 0 Å². The first-order valence-corrected chi connectivity index (χ1v) is 9.08. The highest BCUT2D eigenvalue weighted by atomic mass is 32.2. The molecule has 0 fully saturated rings. The van der Waals surface area contributed by atoms with E-state index in [4.69, 9.17) is 0 Å². The van der Waals surface area contributed by atoms with E-state index in [0.29, 0.717) is 19.4 Å². The molecular formula is C15H23F2NO2S. The zero-order chi connectivity index (χ0) is 15.9. The minimum atomic E-state index is -3.00. The number of likely N-dealkylation sites (N-methyl/N-ethyl adjacent to an activating group) is 1. The minimum absolute atomic E-state index is 0.0572. The summed E-state index contributed by atoms with van der Waals surface area (Å²) in [5.41, 5.74) is 0.0572. The fourth-order valence-corrected chi connectivity index (χ4v) is 3.13. The van der Waals surface area contributed by atoms with Crippen molar-refractivity contribution in [3.63, 3.8) is 0 Å². The lowest BCUT2D eigenvalue weighted by molar-refractivity contribution is 0.459. The number of hydrogen-bond donors (Lipinski definition) is 1. The van der Waals surface area contributed by atoms with Gasteiger partial charge in [-0.05, 0) is 37.9 Å². The van der Waals surface area contributed by atoms with Crippen LogP contribution in [0.15, 0.2) is 18.2 Å². The second-order valence-electron chi connectivity index (χ2n) is 5.04. The molecule has 1 atom stereocenters. The highest BCUT2D eigenvalue weighted by Crippen LogP contribution is 2.16. The normalized spacial score (nSPS) is 13.3. The number of sulfone groups is 1. The molecular weight excluding hydrogens is 296 g/mol. The SMILES string of the molecule is CCNC(CCCS(=O)(=O)CC)Cc1c(F)cccc1F. The third-order valence-electron chi connectivity index (χ3n) is 3.45. The summed E-state index contributed by atoms with van der Waals surface area (Å²) in [6.45, 7) is 4.20. The molecule has 0 bridgehead atoms. The van der Waals surface area contributed by atoms with Crippen LogP contribution in [-0.4, -0.2) is 32.5 Å². The van der Waals surface area contributed by atoms with Gasteiger partial charge in [-0.3, -0.25) is 0 Å². The van der Waals surface area contributed by atoms with Gasteiger partial charge >= 0.3 is 0 Å². The van der Waals surface area contributed by atoms with Crippen LogP contribution < -0.4 is 5.32 Å². The molecule has 3 nitrogen and oxygen atoms in total. The maximum Gasteiger partial charge on any atom is 0.150 e. The van der Waals surface area contributed by atoms with Crippen LogP contribution in [0, 0.1) is 11.6 Å². The summed E-state index contributed by atoms with van der Waals surface area (Å²) in [5.74, 6) is -0.871. The number of hydrogen-bond acceptors (Lipinski definition) is 3. The molecule has 0 amide bonds. The third kappa shape index (κ3) is 6.09. The highest BCUT2D eigenvalue weighted by molar-refractivity contribution is 7.91. The van der Waals surface area contributed by atoms with E-state index < -0.39 is 21.5 Å². The fourth-order valence-electron chi connectivity index (χ4n) is 2.23. The topological polar surface area (TPSA) is 46.2 Å². The van der Waals surface area contributed by atoms with Crippen LogP contribution in [0.4, 0.5) is 8.78 Å². The Morgan fingerprint density at radius 2 is 1.81 bits per heavy atom. The summed E-state index contributed by atoms with van der Waals surface area (Å²) < 4.78 is 50.2. The fraction of sp³-hybridized carbons (Fsp3) is 0.600. The van der Waals surface area contributed by atoms with Crippen LogP contribution >= 0.6 is 0 Å². The van der Waals surface area contributed by atoms with Crippen LogP contribution in [-0.2, 0) is 16.3 Å². The van der Waals surface area contributed by atoms with Gasteiger partial charge in [0.05, 0.1) is 5.75 Å². The van der Waals surface area contributed by atoms with E-state index in [1.54, 1.807) is 6.92 Å². The van der Waals surface area contributed by atoms with Crippen molar-refractivity contribution in [2.45, 2.75) is 39.2 Å². The van der Waals surface area contributed by atoms with E-state index in [1.165, 1.54) is 18.2 Å². The molecule has 1 unspecified atom stereocenters. The van der Waals surface area contributed by atoms with Gasteiger partial charge in [0.2, 0.25) is 0 Å². The van der Waals surface area contributed by atoms with Crippen molar-refractivity contribution in [3.8, 4) is 0 Å². The lowest BCUT2D eigenvalue weighted by atomic mass is 10.0. The molecule has 0 heterocycles. The van der Waals surface area contributed by atoms with E-state index in [1.807, 2.05) is 6.92 Å². The van der Waals surface area contributed by atoms with Gasteiger partial charge in [0.1, 0.15) is 21.5 Å². The Morgan fingerprint density at radius 1 is 1.19 bits per heavy atom. The smallest absolute Gasteiger partial charge is 0.150 e. The molecule has 0 aliphatic rings. The van der Waals surface area contributed by atoms with E-state index in [9.17, 15) is 17.2 Å². The maximum absolute atomic E-state index is 13.7. The number of rotatable bonds is 9. The molecule has 21 heavy (non-hydrogen) atoms. The summed E-state index contributed by atoms with van der Waals surface area (Å²) >= 11 is 0. The van der Waals surface area contributed by atoms with E-state index >= 15 is 0 Å². The zero-order valence-electron chi connectivity index (χ0n) is 12.5. The Morgan fingerprint density at radius 3 is 2.33 bits per heavy atom. The molecule has 1 N–H and O–H groups in total. The standard InChI is InChI=1S/C15H23F2NO2S/c1-3-18-12(7-6-10-21(19,20)4-2)11-13-14(16)8-5-9-15(13)17/h5,8-9,12,18H,3-4,6-7,10-11H2,1-2H3. The number of nitrogens with one attached hydrogen (secondary N) is 1. The van der Waals surface area contributed by atoms with E-state index in [0.717, 1.165) is 0 Å². The van der Waals surface area contributed by atoms with Gasteiger partial charge in [0, 0.05) is 17.4 Å². The lowest BCUT2D eigenvalue weighted by Gasteiger charge is -2.18. The predicted molar refractivity (Wildman–Crippen MR) is 81.1 cm³/mol. The summed E-state index contributed by atoms with van der Waals surface area (Å²) in [5, 5.41) is 3.16. The average Bonchev–Trinajstić information content (AvgIpc) is 2.43. The zero-order valence-corrected chi connectivity index (χ0v) is 13.3. The highest BCUT2D eigenvalue weighted by Gasteiger charge is 2.16. The molecule has 0 saturated carbocycles. The first kappa shape index (κ1) is 18.0. The van der Waals surface area contributed by atoms with Crippen molar-refractivity contribution in [2.24, 2.45) is 0 Å². The van der Waals surface area contributed by atoms with Gasteiger partial charge in [-0.25, -0.2) is 17.2 Å². The van der Waals surface area contributed by atoms with Crippen molar-refractivity contribution in [3.05, 3.63) is 35.4 Å². The second kappa shape index (κ2) is 8.44. The Hall–Kier alpha value is -1.01. The third-order valence-corrected chi connectivity index (χ3v) is 5.24. The van der Waals surface area contributed by atoms with Crippen LogP contribution in [0.5, 0.6) is 0 Å². The predicted octanol–water partition coefficient (Wildman–Crippen LogP) is 2.70. The second-order valence-corrected chi connectivity index (χ2v) is 7.51. The van der Waals surface area contributed by atoms with Crippen molar-refractivity contribution in [1.29, 1.82) is 0 Å². The molecule has 0 aliphatic heterocycles. The average molecular weight is 319 g/mol. The van der Waals surface area contributed by atoms with Gasteiger partial charge in [0.25, 0.3) is 0 Å². The number of halogens is 2. The lowest BCUT2D eigenvalue weighted by Crippen LogP contribution is -2.32. The van der Waals surface area contributed by atoms with Gasteiger partial charge in [-0.1, -0.05) is 19.9 Å². The molecule has 0 aliphatic carbocycles. The molecule has 1 rings (SSSR count). The molecule has 6 heteroatoms. The molecule has 0 aromatic heterocycles. The molecule has 1 aromatic carbocycles. The molecule has 0 radical (unpaired) electrons. The van der Waals surface area contributed by atoms with Crippen LogP contribution in [0.3, 0.4) is 0 Å². The van der Waals surface area contributed by atoms with Crippen molar-refractivity contribution >= 4 is 9.84 Å². The van der Waals surface area contributed by atoms with E-state index in [2.05, 4.69) is 5.32 Å². The Kier molecular flexibility index (Phi) is 7.25. The van der Waals surface area contributed by atoms with Crippen molar-refractivity contribution in [2.75, 3.05) is 18.1 Å². The number of benzene rings is 1. The van der Waals surface area contributed by atoms with Crippen molar-refractivity contribution in [1.82, 2.24) is 5.32 Å². The van der Waals surface area contributed by atoms with Crippen LogP contribution in [0.25, 0.3) is 0 Å². The van der Waals surface area contributed by atoms with Crippen LogP contribution in [0.2, 0.25) is 0 Å². The molecule has 120 valence electrons. The quantitative estimate of drug-likeness (QED) is 0.761. The Labute approximate surface area is 125 Å². The first-order valence-electron chi connectivity index (χ1n) is 7.26. The molecule has 0 spiro atoms. The first-order chi connectivity index (χ1) is 9.89.